The number of likely N-dealkylation sites (tertiary alicyclic amines) is 1. The van der Waals surface area contributed by atoms with Gasteiger partial charge < -0.3 is 4.90 Å². The topological polar surface area (TPSA) is 97.2 Å². The molecular formula is C18H22FN5O3S. The van der Waals surface area contributed by atoms with Gasteiger partial charge in [0.15, 0.2) is 0 Å². The summed E-state index contributed by atoms with van der Waals surface area (Å²) in [6.07, 6.45) is 5.11. The second-order valence-corrected chi connectivity index (χ2v) is 8.99. The molecule has 0 bridgehead atoms. The molecule has 4 rings (SSSR count). The molecule has 1 saturated carbocycles. The predicted molar refractivity (Wildman–Crippen MR) is 98.4 cm³/mol. The van der Waals surface area contributed by atoms with Gasteiger partial charge in [0.1, 0.15) is 10.7 Å². The first-order chi connectivity index (χ1) is 13.4. The molecule has 1 atom stereocenters. The lowest BCUT2D eigenvalue weighted by Crippen LogP contribution is -2.33. The normalized spacial score (nSPS) is 19.9. The number of sulfonamides is 1. The van der Waals surface area contributed by atoms with E-state index in [4.69, 9.17) is 0 Å². The summed E-state index contributed by atoms with van der Waals surface area (Å²) in [4.78, 5) is 13.7. The van der Waals surface area contributed by atoms with Crippen LogP contribution in [0.4, 0.5) is 4.39 Å². The van der Waals surface area contributed by atoms with Gasteiger partial charge in [0.05, 0.1) is 11.7 Å². The standard InChI is InChI=1S/C18H22FN5O3S/c19-15-3-1-2-4-17(15)28(26,27)20-9-7-18(25)23-10-8-14(11-23)24-12-16(21-22-24)13-5-6-13/h1-4,12-14,20H,5-11H2. The van der Waals surface area contributed by atoms with Crippen molar-refractivity contribution in [3.63, 3.8) is 0 Å². The van der Waals surface area contributed by atoms with Gasteiger partial charge in [-0.15, -0.1) is 5.10 Å². The maximum Gasteiger partial charge on any atom is 0.243 e. The molecule has 150 valence electrons. The van der Waals surface area contributed by atoms with Crippen molar-refractivity contribution in [3.8, 4) is 0 Å². The van der Waals surface area contributed by atoms with Crippen molar-refractivity contribution in [2.45, 2.75) is 42.5 Å². The van der Waals surface area contributed by atoms with Gasteiger partial charge in [0.2, 0.25) is 15.9 Å². The summed E-state index contributed by atoms with van der Waals surface area (Å²) in [6, 6.07) is 5.25. The SMILES string of the molecule is O=C(CCNS(=O)(=O)c1ccccc1F)N1CCC(n2cc(C3CC3)nn2)C1. The van der Waals surface area contributed by atoms with Crippen LogP contribution in [0.25, 0.3) is 0 Å². The molecule has 1 aromatic carbocycles. The Morgan fingerprint density at radius 1 is 1.25 bits per heavy atom. The van der Waals surface area contributed by atoms with E-state index < -0.39 is 20.7 Å². The van der Waals surface area contributed by atoms with Gasteiger partial charge >= 0.3 is 0 Å². The number of nitrogens with one attached hydrogen (secondary N) is 1. The Morgan fingerprint density at radius 2 is 2.04 bits per heavy atom. The van der Waals surface area contributed by atoms with Crippen LogP contribution >= 0.6 is 0 Å². The van der Waals surface area contributed by atoms with E-state index in [1.165, 1.54) is 18.2 Å². The van der Waals surface area contributed by atoms with Crippen molar-refractivity contribution >= 4 is 15.9 Å². The first-order valence-corrected chi connectivity index (χ1v) is 10.9. The molecule has 0 radical (unpaired) electrons. The van der Waals surface area contributed by atoms with Crippen molar-refractivity contribution in [2.24, 2.45) is 0 Å². The van der Waals surface area contributed by atoms with E-state index in [9.17, 15) is 17.6 Å². The van der Waals surface area contributed by atoms with Crippen molar-refractivity contribution in [2.75, 3.05) is 19.6 Å². The number of aromatic nitrogens is 3. The van der Waals surface area contributed by atoms with Gasteiger partial charge in [0, 0.05) is 38.2 Å². The van der Waals surface area contributed by atoms with E-state index in [1.807, 2.05) is 10.9 Å². The zero-order valence-electron chi connectivity index (χ0n) is 15.3. The summed E-state index contributed by atoms with van der Waals surface area (Å²) in [5.41, 5.74) is 1.02. The number of benzene rings is 1. The molecular weight excluding hydrogens is 385 g/mol. The van der Waals surface area contributed by atoms with Crippen LogP contribution in [-0.2, 0) is 14.8 Å². The van der Waals surface area contributed by atoms with E-state index in [1.54, 1.807) is 4.90 Å². The summed E-state index contributed by atoms with van der Waals surface area (Å²) < 4.78 is 42.1. The minimum Gasteiger partial charge on any atom is -0.340 e. The molecule has 1 aliphatic heterocycles. The van der Waals surface area contributed by atoms with E-state index >= 15 is 0 Å². The second kappa shape index (κ2) is 7.59. The highest BCUT2D eigenvalue weighted by Crippen LogP contribution is 2.39. The molecule has 1 amide bonds. The molecule has 0 spiro atoms. The van der Waals surface area contributed by atoms with Gasteiger partial charge in [-0.2, -0.15) is 0 Å². The van der Waals surface area contributed by atoms with Crippen molar-refractivity contribution < 1.29 is 17.6 Å². The molecule has 1 aliphatic carbocycles. The van der Waals surface area contributed by atoms with Crippen LogP contribution in [-0.4, -0.2) is 53.9 Å². The van der Waals surface area contributed by atoms with Gasteiger partial charge in [-0.3, -0.25) is 4.79 Å². The van der Waals surface area contributed by atoms with Crippen molar-refractivity contribution in [3.05, 3.63) is 42.0 Å². The van der Waals surface area contributed by atoms with Gasteiger partial charge in [0.25, 0.3) is 0 Å². The smallest absolute Gasteiger partial charge is 0.243 e. The maximum absolute atomic E-state index is 13.7. The van der Waals surface area contributed by atoms with Crippen LogP contribution in [0.5, 0.6) is 0 Å². The molecule has 1 saturated heterocycles. The molecule has 1 N–H and O–H groups in total. The Labute approximate surface area is 162 Å². The molecule has 10 heteroatoms. The Balaban J connectivity index is 1.28. The van der Waals surface area contributed by atoms with Gasteiger partial charge in [-0.25, -0.2) is 22.2 Å². The minimum absolute atomic E-state index is 0.0189. The Hall–Kier alpha value is -2.33. The monoisotopic (exact) mass is 407 g/mol. The minimum atomic E-state index is -3.98. The summed E-state index contributed by atoms with van der Waals surface area (Å²) in [5.74, 6) is -0.418. The molecule has 28 heavy (non-hydrogen) atoms. The average Bonchev–Trinajstić information content (AvgIpc) is 3.19. The number of amides is 1. The van der Waals surface area contributed by atoms with E-state index in [0.29, 0.717) is 19.0 Å². The zero-order valence-corrected chi connectivity index (χ0v) is 16.1. The Kier molecular flexibility index (Phi) is 5.15. The van der Waals surface area contributed by atoms with Crippen LogP contribution in [0.3, 0.4) is 0 Å². The molecule has 2 fully saturated rings. The fourth-order valence-electron chi connectivity index (χ4n) is 3.41. The number of halogens is 1. The third-order valence-corrected chi connectivity index (χ3v) is 6.67. The quantitative estimate of drug-likeness (QED) is 0.749. The number of rotatable bonds is 7. The third kappa shape index (κ3) is 4.07. The number of nitrogens with zero attached hydrogens (tertiary/aromatic N) is 4. The van der Waals surface area contributed by atoms with Crippen molar-refractivity contribution in [1.29, 1.82) is 0 Å². The van der Waals surface area contributed by atoms with Crippen LogP contribution < -0.4 is 4.72 Å². The molecule has 2 aliphatic rings. The molecule has 2 aromatic rings. The van der Waals surface area contributed by atoms with E-state index in [2.05, 4.69) is 15.0 Å². The van der Waals surface area contributed by atoms with Crippen LogP contribution in [0, 0.1) is 5.82 Å². The number of hydrogen-bond donors (Lipinski definition) is 1. The second-order valence-electron chi connectivity index (χ2n) is 7.26. The first kappa shape index (κ1) is 19.0. The Morgan fingerprint density at radius 3 is 2.79 bits per heavy atom. The molecule has 1 aromatic heterocycles. The lowest BCUT2D eigenvalue weighted by atomic mass is 10.2. The van der Waals surface area contributed by atoms with Crippen LogP contribution in [0.15, 0.2) is 35.4 Å². The fourth-order valence-corrected chi connectivity index (χ4v) is 4.52. The van der Waals surface area contributed by atoms with Crippen LogP contribution in [0.2, 0.25) is 0 Å². The summed E-state index contributed by atoms with van der Waals surface area (Å²) in [5, 5.41) is 8.40. The zero-order chi connectivity index (χ0) is 19.7. The predicted octanol–water partition coefficient (Wildman–Crippen LogP) is 1.44. The van der Waals surface area contributed by atoms with Crippen LogP contribution in [0.1, 0.15) is 43.3 Å². The summed E-state index contributed by atoms with van der Waals surface area (Å²) in [7, 11) is -3.98. The third-order valence-electron chi connectivity index (χ3n) is 5.17. The first-order valence-electron chi connectivity index (χ1n) is 9.38. The lowest BCUT2D eigenvalue weighted by Gasteiger charge is -2.16. The summed E-state index contributed by atoms with van der Waals surface area (Å²) in [6.45, 7) is 1.06. The number of hydrogen-bond acceptors (Lipinski definition) is 5. The molecule has 8 nitrogen and oxygen atoms in total. The lowest BCUT2D eigenvalue weighted by molar-refractivity contribution is -0.130. The van der Waals surface area contributed by atoms with E-state index in [0.717, 1.165) is 31.0 Å². The highest BCUT2D eigenvalue weighted by Gasteiger charge is 2.31. The highest BCUT2D eigenvalue weighted by atomic mass is 32.2. The number of carbonyl (C=O) groups is 1. The van der Waals surface area contributed by atoms with Crippen molar-refractivity contribution in [1.82, 2.24) is 24.6 Å². The number of carbonyl (C=O) groups excluding carboxylic acids is 1. The van der Waals surface area contributed by atoms with E-state index in [-0.39, 0.29) is 24.9 Å². The largest absolute Gasteiger partial charge is 0.340 e. The van der Waals surface area contributed by atoms with Gasteiger partial charge in [-0.1, -0.05) is 17.3 Å². The fraction of sp³-hybridized carbons (Fsp3) is 0.500. The molecule has 1 unspecified atom stereocenters. The average molecular weight is 407 g/mol. The maximum atomic E-state index is 13.7. The molecule has 2 heterocycles. The Bertz CT molecular complexity index is 973. The summed E-state index contributed by atoms with van der Waals surface area (Å²) >= 11 is 0. The van der Waals surface area contributed by atoms with Gasteiger partial charge in [-0.05, 0) is 31.4 Å². The highest BCUT2D eigenvalue weighted by molar-refractivity contribution is 7.89.